The predicted molar refractivity (Wildman–Crippen MR) is 39.6 cm³/mol. The fraction of sp³-hybridized carbons (Fsp3) is 0.500. The van der Waals surface area contributed by atoms with Crippen molar-refractivity contribution in [3.63, 3.8) is 0 Å². The largest absolute Gasteiger partial charge is 0.495 e. The van der Waals surface area contributed by atoms with Gasteiger partial charge in [-0.3, -0.25) is 0 Å². The number of morpholine rings is 1. The summed E-state index contributed by atoms with van der Waals surface area (Å²) in [5, 5.41) is 3.38. The zero-order valence-corrected chi connectivity index (χ0v) is 5.84. The number of fused-ring (bicyclic) bond motifs is 1. The molecule has 54 valence electrons. The molecule has 0 aromatic rings. The molecule has 0 bridgehead atoms. The summed E-state index contributed by atoms with van der Waals surface area (Å²) in [5.74, 6) is 1.11. The standard InChI is InChI=1S/C8H11NO/c1-2-4-8-7(3-1)9-5-6-10-8/h1-2,4,7,9H,3,5-6H2. The van der Waals surface area contributed by atoms with Crippen molar-refractivity contribution in [2.75, 3.05) is 13.2 Å². The Balaban J connectivity index is 2.14. The van der Waals surface area contributed by atoms with Gasteiger partial charge in [0.2, 0.25) is 0 Å². The summed E-state index contributed by atoms with van der Waals surface area (Å²) in [6, 6.07) is 0.457. The Hall–Kier alpha value is -0.760. The third-order valence-corrected chi connectivity index (χ3v) is 1.87. The van der Waals surface area contributed by atoms with Gasteiger partial charge in [0, 0.05) is 6.54 Å². The lowest BCUT2D eigenvalue weighted by atomic mass is 10.1. The third kappa shape index (κ3) is 0.948. The monoisotopic (exact) mass is 137 g/mol. The lowest BCUT2D eigenvalue weighted by Gasteiger charge is -2.27. The van der Waals surface area contributed by atoms with Gasteiger partial charge in [-0.05, 0) is 12.5 Å². The molecule has 0 aromatic carbocycles. The lowest BCUT2D eigenvalue weighted by Crippen LogP contribution is -2.39. The zero-order chi connectivity index (χ0) is 6.81. The first kappa shape index (κ1) is 5.98. The minimum Gasteiger partial charge on any atom is -0.495 e. The Kier molecular flexibility index (Phi) is 1.47. The summed E-state index contributed by atoms with van der Waals surface area (Å²) >= 11 is 0. The minimum absolute atomic E-state index is 0.457. The predicted octanol–water partition coefficient (Wildman–Crippen LogP) is 0.819. The molecule has 1 atom stereocenters. The number of ether oxygens (including phenoxy) is 1. The maximum atomic E-state index is 5.43. The van der Waals surface area contributed by atoms with E-state index in [1.165, 1.54) is 0 Å². The molecule has 0 saturated carbocycles. The average molecular weight is 137 g/mol. The van der Waals surface area contributed by atoms with Crippen LogP contribution in [0.15, 0.2) is 24.0 Å². The number of nitrogens with one attached hydrogen (secondary N) is 1. The van der Waals surface area contributed by atoms with E-state index in [2.05, 4.69) is 17.5 Å². The van der Waals surface area contributed by atoms with Crippen molar-refractivity contribution in [2.24, 2.45) is 0 Å². The van der Waals surface area contributed by atoms with E-state index >= 15 is 0 Å². The van der Waals surface area contributed by atoms with Crippen LogP contribution in [0.2, 0.25) is 0 Å². The molecular weight excluding hydrogens is 126 g/mol. The Morgan fingerprint density at radius 3 is 3.50 bits per heavy atom. The molecule has 1 saturated heterocycles. The third-order valence-electron chi connectivity index (χ3n) is 1.87. The van der Waals surface area contributed by atoms with Gasteiger partial charge in [0.05, 0.1) is 6.04 Å². The van der Waals surface area contributed by atoms with Gasteiger partial charge in [0.1, 0.15) is 12.4 Å². The highest BCUT2D eigenvalue weighted by Gasteiger charge is 2.18. The molecule has 2 aliphatic rings. The van der Waals surface area contributed by atoms with Gasteiger partial charge >= 0.3 is 0 Å². The first-order valence-electron chi connectivity index (χ1n) is 3.70. The summed E-state index contributed by atoms with van der Waals surface area (Å²) in [5.41, 5.74) is 0. The average Bonchev–Trinajstić information content (AvgIpc) is 2.05. The van der Waals surface area contributed by atoms with Crippen molar-refractivity contribution in [1.29, 1.82) is 0 Å². The first-order chi connectivity index (χ1) is 4.97. The molecule has 2 nitrogen and oxygen atoms in total. The number of hydrogen-bond acceptors (Lipinski definition) is 2. The van der Waals surface area contributed by atoms with Crippen LogP contribution in [0.3, 0.4) is 0 Å². The van der Waals surface area contributed by atoms with Crippen molar-refractivity contribution in [1.82, 2.24) is 5.32 Å². The highest BCUT2D eigenvalue weighted by molar-refractivity contribution is 5.20. The second kappa shape index (κ2) is 2.46. The summed E-state index contributed by atoms with van der Waals surface area (Å²) in [4.78, 5) is 0. The highest BCUT2D eigenvalue weighted by atomic mass is 16.5. The molecule has 0 amide bonds. The van der Waals surface area contributed by atoms with Crippen LogP contribution in [0.1, 0.15) is 6.42 Å². The number of rotatable bonds is 0. The molecular formula is C8H11NO. The van der Waals surface area contributed by atoms with E-state index in [1.54, 1.807) is 0 Å². The normalized spacial score (nSPS) is 30.4. The Morgan fingerprint density at radius 2 is 2.60 bits per heavy atom. The second-order valence-corrected chi connectivity index (χ2v) is 2.59. The van der Waals surface area contributed by atoms with Crippen LogP contribution in [0.25, 0.3) is 0 Å². The van der Waals surface area contributed by atoms with E-state index in [0.717, 1.165) is 25.3 Å². The topological polar surface area (TPSA) is 21.3 Å². The Labute approximate surface area is 60.6 Å². The van der Waals surface area contributed by atoms with Gasteiger partial charge in [-0.15, -0.1) is 0 Å². The molecule has 1 heterocycles. The van der Waals surface area contributed by atoms with Crippen LogP contribution in [-0.2, 0) is 4.74 Å². The quantitative estimate of drug-likeness (QED) is 0.533. The van der Waals surface area contributed by atoms with E-state index in [-0.39, 0.29) is 0 Å². The number of hydrogen-bond donors (Lipinski definition) is 1. The molecule has 2 rings (SSSR count). The molecule has 1 unspecified atom stereocenters. The molecule has 2 heteroatoms. The van der Waals surface area contributed by atoms with Crippen LogP contribution in [0, 0.1) is 0 Å². The second-order valence-electron chi connectivity index (χ2n) is 2.59. The van der Waals surface area contributed by atoms with E-state index in [1.807, 2.05) is 6.08 Å². The van der Waals surface area contributed by atoms with Crippen LogP contribution >= 0.6 is 0 Å². The maximum absolute atomic E-state index is 5.43. The highest BCUT2D eigenvalue weighted by Crippen LogP contribution is 2.16. The van der Waals surface area contributed by atoms with Crippen LogP contribution in [-0.4, -0.2) is 19.2 Å². The molecule has 1 fully saturated rings. The Bertz CT molecular complexity index is 184. The number of allylic oxidation sites excluding steroid dienone is 2. The summed E-state index contributed by atoms with van der Waals surface area (Å²) in [6.07, 6.45) is 7.33. The van der Waals surface area contributed by atoms with Crippen LogP contribution < -0.4 is 5.32 Å². The van der Waals surface area contributed by atoms with E-state index < -0.39 is 0 Å². The van der Waals surface area contributed by atoms with Crippen molar-refractivity contribution in [3.05, 3.63) is 24.0 Å². The van der Waals surface area contributed by atoms with E-state index in [4.69, 9.17) is 4.74 Å². The van der Waals surface area contributed by atoms with E-state index in [0.29, 0.717) is 6.04 Å². The maximum Gasteiger partial charge on any atom is 0.113 e. The van der Waals surface area contributed by atoms with Crippen molar-refractivity contribution >= 4 is 0 Å². The van der Waals surface area contributed by atoms with Crippen molar-refractivity contribution in [3.8, 4) is 0 Å². The van der Waals surface area contributed by atoms with Gasteiger partial charge in [0.25, 0.3) is 0 Å². The molecule has 0 spiro atoms. The Morgan fingerprint density at radius 1 is 1.60 bits per heavy atom. The smallest absolute Gasteiger partial charge is 0.113 e. The van der Waals surface area contributed by atoms with Gasteiger partial charge in [-0.2, -0.15) is 0 Å². The summed E-state index contributed by atoms with van der Waals surface area (Å²) in [6.45, 7) is 1.80. The summed E-state index contributed by atoms with van der Waals surface area (Å²) in [7, 11) is 0. The minimum atomic E-state index is 0.457. The van der Waals surface area contributed by atoms with Crippen molar-refractivity contribution < 1.29 is 4.74 Å². The van der Waals surface area contributed by atoms with Gasteiger partial charge < -0.3 is 10.1 Å². The summed E-state index contributed by atoms with van der Waals surface area (Å²) < 4.78 is 5.43. The fourth-order valence-electron chi connectivity index (χ4n) is 1.34. The van der Waals surface area contributed by atoms with Crippen LogP contribution in [0.4, 0.5) is 0 Å². The SMILES string of the molecule is C1=CCC2NCCOC2=C1. The van der Waals surface area contributed by atoms with Gasteiger partial charge in [-0.1, -0.05) is 12.2 Å². The van der Waals surface area contributed by atoms with Crippen molar-refractivity contribution in [2.45, 2.75) is 12.5 Å². The lowest BCUT2D eigenvalue weighted by molar-refractivity contribution is 0.148. The zero-order valence-electron chi connectivity index (χ0n) is 5.84. The molecule has 1 aliphatic carbocycles. The first-order valence-corrected chi connectivity index (χ1v) is 3.70. The molecule has 1 aliphatic heterocycles. The fourth-order valence-corrected chi connectivity index (χ4v) is 1.34. The molecule has 0 aromatic heterocycles. The van der Waals surface area contributed by atoms with Crippen LogP contribution in [0.5, 0.6) is 0 Å². The van der Waals surface area contributed by atoms with E-state index in [9.17, 15) is 0 Å². The molecule has 10 heavy (non-hydrogen) atoms. The molecule has 1 N–H and O–H groups in total. The van der Waals surface area contributed by atoms with Gasteiger partial charge in [0.15, 0.2) is 0 Å². The van der Waals surface area contributed by atoms with Gasteiger partial charge in [-0.25, -0.2) is 0 Å². The molecule has 0 radical (unpaired) electrons.